The SMILES string of the molecule is Cl.O=C(NC1CCNCC1)C1CCC(c2ccccc2)CC1. The Labute approximate surface area is 139 Å². The van der Waals surface area contributed by atoms with Crippen LogP contribution in [0.5, 0.6) is 0 Å². The lowest BCUT2D eigenvalue weighted by Crippen LogP contribution is -2.45. The number of halogens is 1. The Morgan fingerprint density at radius 3 is 2.23 bits per heavy atom. The molecule has 1 saturated carbocycles. The van der Waals surface area contributed by atoms with Crippen LogP contribution in [0.2, 0.25) is 0 Å². The predicted molar refractivity (Wildman–Crippen MR) is 92.4 cm³/mol. The summed E-state index contributed by atoms with van der Waals surface area (Å²) in [4.78, 5) is 12.4. The summed E-state index contributed by atoms with van der Waals surface area (Å²) in [5, 5.41) is 6.60. The Kier molecular flexibility index (Phi) is 6.71. The molecule has 1 saturated heterocycles. The van der Waals surface area contributed by atoms with Crippen LogP contribution in [0.3, 0.4) is 0 Å². The standard InChI is InChI=1S/C18H26N2O.ClH/c21-18(20-17-10-12-19-13-11-17)16-8-6-15(7-9-16)14-4-2-1-3-5-14;/h1-5,15-17,19H,6-13H2,(H,20,21);1H. The highest BCUT2D eigenvalue weighted by Crippen LogP contribution is 2.35. The van der Waals surface area contributed by atoms with Crippen LogP contribution >= 0.6 is 12.4 Å². The van der Waals surface area contributed by atoms with E-state index in [-0.39, 0.29) is 18.3 Å². The van der Waals surface area contributed by atoms with Gasteiger partial charge in [-0.2, -0.15) is 0 Å². The normalized spacial score (nSPS) is 26.0. The third-order valence-electron chi connectivity index (χ3n) is 5.05. The first-order valence-electron chi connectivity index (χ1n) is 8.39. The second-order valence-corrected chi connectivity index (χ2v) is 6.49. The fraction of sp³-hybridized carbons (Fsp3) is 0.611. The van der Waals surface area contributed by atoms with Crippen molar-refractivity contribution in [2.75, 3.05) is 13.1 Å². The van der Waals surface area contributed by atoms with E-state index in [4.69, 9.17) is 0 Å². The lowest BCUT2D eigenvalue weighted by atomic mass is 9.78. The number of amides is 1. The van der Waals surface area contributed by atoms with E-state index < -0.39 is 0 Å². The van der Waals surface area contributed by atoms with Crippen LogP contribution in [0.1, 0.15) is 50.0 Å². The fourth-order valence-corrected chi connectivity index (χ4v) is 3.70. The van der Waals surface area contributed by atoms with Gasteiger partial charge in [-0.15, -0.1) is 12.4 Å². The van der Waals surface area contributed by atoms with Crippen LogP contribution in [0.25, 0.3) is 0 Å². The Bertz CT molecular complexity index is 451. The van der Waals surface area contributed by atoms with Crippen molar-refractivity contribution >= 4 is 18.3 Å². The van der Waals surface area contributed by atoms with E-state index in [1.807, 2.05) is 0 Å². The number of rotatable bonds is 3. The molecule has 3 nitrogen and oxygen atoms in total. The van der Waals surface area contributed by atoms with Crippen molar-refractivity contribution in [2.45, 2.75) is 50.5 Å². The summed E-state index contributed by atoms with van der Waals surface area (Å²) in [7, 11) is 0. The van der Waals surface area contributed by atoms with Crippen molar-refractivity contribution in [3.63, 3.8) is 0 Å². The average Bonchev–Trinajstić information content (AvgIpc) is 2.57. The van der Waals surface area contributed by atoms with Gasteiger partial charge in [-0.1, -0.05) is 30.3 Å². The lowest BCUT2D eigenvalue weighted by Gasteiger charge is -2.30. The molecule has 2 aliphatic rings. The molecular weight excluding hydrogens is 296 g/mol. The van der Waals surface area contributed by atoms with E-state index >= 15 is 0 Å². The molecule has 0 atom stereocenters. The topological polar surface area (TPSA) is 41.1 Å². The maximum absolute atomic E-state index is 12.4. The van der Waals surface area contributed by atoms with Crippen LogP contribution in [0.4, 0.5) is 0 Å². The molecule has 1 aromatic carbocycles. The van der Waals surface area contributed by atoms with Crippen LogP contribution in [0, 0.1) is 5.92 Å². The van der Waals surface area contributed by atoms with Crippen molar-refractivity contribution in [3.8, 4) is 0 Å². The first-order valence-corrected chi connectivity index (χ1v) is 8.39. The summed E-state index contributed by atoms with van der Waals surface area (Å²) < 4.78 is 0. The molecule has 3 rings (SSSR count). The summed E-state index contributed by atoms with van der Waals surface area (Å²) in [5.74, 6) is 1.18. The molecule has 1 aromatic rings. The van der Waals surface area contributed by atoms with Gasteiger partial charge in [0.1, 0.15) is 0 Å². The molecule has 2 N–H and O–H groups in total. The molecule has 1 aliphatic carbocycles. The number of nitrogens with one attached hydrogen (secondary N) is 2. The third kappa shape index (κ3) is 4.47. The molecule has 0 aromatic heterocycles. The minimum Gasteiger partial charge on any atom is -0.353 e. The molecule has 122 valence electrons. The fourth-order valence-electron chi connectivity index (χ4n) is 3.70. The Morgan fingerprint density at radius 1 is 0.955 bits per heavy atom. The molecule has 0 unspecified atom stereocenters. The smallest absolute Gasteiger partial charge is 0.223 e. The molecule has 0 bridgehead atoms. The van der Waals surface area contributed by atoms with Crippen LogP contribution < -0.4 is 10.6 Å². The number of carbonyl (C=O) groups excluding carboxylic acids is 1. The Balaban J connectivity index is 0.00000176. The molecule has 0 spiro atoms. The molecule has 1 aliphatic heterocycles. The van der Waals surface area contributed by atoms with Crippen molar-refractivity contribution in [3.05, 3.63) is 35.9 Å². The largest absolute Gasteiger partial charge is 0.353 e. The molecular formula is C18H27ClN2O. The minimum atomic E-state index is 0. The second kappa shape index (κ2) is 8.54. The molecule has 22 heavy (non-hydrogen) atoms. The predicted octanol–water partition coefficient (Wildman–Crippen LogP) is 3.25. The van der Waals surface area contributed by atoms with Gasteiger partial charge in [0.05, 0.1) is 0 Å². The summed E-state index contributed by atoms with van der Waals surface area (Å²) in [6, 6.07) is 11.1. The quantitative estimate of drug-likeness (QED) is 0.897. The highest BCUT2D eigenvalue weighted by Gasteiger charge is 2.28. The van der Waals surface area contributed by atoms with E-state index in [2.05, 4.69) is 41.0 Å². The number of carbonyl (C=O) groups is 1. The van der Waals surface area contributed by atoms with Crippen LogP contribution in [-0.4, -0.2) is 25.0 Å². The van der Waals surface area contributed by atoms with Crippen molar-refractivity contribution in [1.29, 1.82) is 0 Å². The second-order valence-electron chi connectivity index (χ2n) is 6.49. The maximum atomic E-state index is 12.4. The van der Waals surface area contributed by atoms with Gasteiger partial charge in [0.25, 0.3) is 0 Å². The Hall–Kier alpha value is -1.06. The van der Waals surface area contributed by atoms with Crippen LogP contribution in [-0.2, 0) is 4.79 Å². The first-order chi connectivity index (χ1) is 10.3. The molecule has 1 amide bonds. The first kappa shape index (κ1) is 17.3. The molecule has 2 fully saturated rings. The van der Waals surface area contributed by atoms with Crippen molar-refractivity contribution < 1.29 is 4.79 Å². The molecule has 4 heteroatoms. The van der Waals surface area contributed by atoms with Gasteiger partial charge in [-0.3, -0.25) is 4.79 Å². The van der Waals surface area contributed by atoms with E-state index in [9.17, 15) is 4.79 Å². The van der Waals surface area contributed by atoms with Gasteiger partial charge in [0.2, 0.25) is 5.91 Å². The summed E-state index contributed by atoms with van der Waals surface area (Å²) in [5.41, 5.74) is 1.44. The number of benzene rings is 1. The average molecular weight is 323 g/mol. The number of piperidine rings is 1. The zero-order valence-electron chi connectivity index (χ0n) is 13.1. The lowest BCUT2D eigenvalue weighted by molar-refractivity contribution is -0.126. The highest BCUT2D eigenvalue weighted by molar-refractivity contribution is 5.85. The zero-order valence-corrected chi connectivity index (χ0v) is 13.9. The van der Waals surface area contributed by atoms with Crippen molar-refractivity contribution in [1.82, 2.24) is 10.6 Å². The molecule has 0 radical (unpaired) electrons. The number of hydrogen-bond acceptors (Lipinski definition) is 2. The van der Waals surface area contributed by atoms with Crippen LogP contribution in [0.15, 0.2) is 30.3 Å². The minimum absolute atomic E-state index is 0. The van der Waals surface area contributed by atoms with E-state index in [1.165, 1.54) is 5.56 Å². The Morgan fingerprint density at radius 2 is 1.59 bits per heavy atom. The summed E-state index contributed by atoms with van der Waals surface area (Å²) in [6.45, 7) is 2.07. The van der Waals surface area contributed by atoms with Gasteiger partial charge in [-0.05, 0) is 63.1 Å². The number of hydrogen-bond donors (Lipinski definition) is 2. The monoisotopic (exact) mass is 322 g/mol. The van der Waals surface area contributed by atoms with Gasteiger partial charge in [0, 0.05) is 12.0 Å². The van der Waals surface area contributed by atoms with Crippen molar-refractivity contribution in [2.24, 2.45) is 5.92 Å². The highest BCUT2D eigenvalue weighted by atomic mass is 35.5. The summed E-state index contributed by atoms with van der Waals surface area (Å²) in [6.07, 6.45) is 6.52. The van der Waals surface area contributed by atoms with E-state index in [0.717, 1.165) is 51.6 Å². The van der Waals surface area contributed by atoms with Gasteiger partial charge < -0.3 is 10.6 Å². The van der Waals surface area contributed by atoms with Gasteiger partial charge in [0.15, 0.2) is 0 Å². The molecule has 1 heterocycles. The van der Waals surface area contributed by atoms with Gasteiger partial charge >= 0.3 is 0 Å². The summed E-state index contributed by atoms with van der Waals surface area (Å²) >= 11 is 0. The van der Waals surface area contributed by atoms with E-state index in [1.54, 1.807) is 0 Å². The maximum Gasteiger partial charge on any atom is 0.223 e. The van der Waals surface area contributed by atoms with E-state index in [0.29, 0.717) is 17.9 Å². The zero-order chi connectivity index (χ0) is 14.5. The van der Waals surface area contributed by atoms with Gasteiger partial charge in [-0.25, -0.2) is 0 Å². The third-order valence-corrected chi connectivity index (χ3v) is 5.05.